The van der Waals surface area contributed by atoms with E-state index in [9.17, 15) is 0 Å². The Labute approximate surface area is 108 Å². The van der Waals surface area contributed by atoms with Gasteiger partial charge in [0, 0.05) is 16.8 Å². The predicted molar refractivity (Wildman–Crippen MR) is 79.1 cm³/mol. The molecular formula is C15H17BN2. The molecule has 0 radical (unpaired) electrons. The summed E-state index contributed by atoms with van der Waals surface area (Å²) in [5, 5.41) is 9.91. The second kappa shape index (κ2) is 3.94. The van der Waals surface area contributed by atoms with Gasteiger partial charge in [0.2, 0.25) is 0 Å². The van der Waals surface area contributed by atoms with Crippen molar-refractivity contribution in [2.45, 2.75) is 25.6 Å². The topological polar surface area (TPSA) is 24.1 Å². The molecule has 1 aliphatic heterocycles. The summed E-state index contributed by atoms with van der Waals surface area (Å²) in [6.45, 7) is 0.395. The minimum absolute atomic E-state index is 0.395. The monoisotopic (exact) mass is 236 g/mol. The van der Waals surface area contributed by atoms with Crippen LogP contribution in [0.5, 0.6) is 0 Å². The maximum absolute atomic E-state index is 3.63. The second-order valence-electron chi connectivity index (χ2n) is 5.57. The van der Waals surface area contributed by atoms with Crippen molar-refractivity contribution in [3.63, 3.8) is 0 Å². The van der Waals surface area contributed by atoms with E-state index in [-0.39, 0.29) is 0 Å². The summed E-state index contributed by atoms with van der Waals surface area (Å²) in [5.74, 6) is 1.00. The summed E-state index contributed by atoms with van der Waals surface area (Å²) in [7, 11) is 0. The molecule has 2 nitrogen and oxygen atoms in total. The van der Waals surface area contributed by atoms with E-state index in [1.165, 1.54) is 47.7 Å². The number of benzene rings is 2. The Hall–Kier alpha value is -1.64. The molecule has 0 atom stereocenters. The molecule has 3 heteroatoms. The molecule has 2 N–H and O–H groups in total. The molecule has 18 heavy (non-hydrogen) atoms. The lowest BCUT2D eigenvalue weighted by atomic mass is 9.68. The lowest BCUT2D eigenvalue weighted by Crippen LogP contribution is -2.36. The zero-order valence-corrected chi connectivity index (χ0v) is 10.4. The molecule has 0 spiro atoms. The van der Waals surface area contributed by atoms with Gasteiger partial charge in [-0.15, -0.1) is 0 Å². The van der Waals surface area contributed by atoms with Crippen LogP contribution in [0.15, 0.2) is 36.4 Å². The SMILES string of the molecule is c1cc2c3c(cccc3c1)NB(CCC1CC1)N2. The lowest BCUT2D eigenvalue weighted by molar-refractivity contribution is 0.791. The van der Waals surface area contributed by atoms with E-state index in [4.69, 9.17) is 0 Å². The van der Waals surface area contributed by atoms with Crippen LogP contribution in [0, 0.1) is 5.92 Å². The summed E-state index contributed by atoms with van der Waals surface area (Å²) < 4.78 is 0. The maximum Gasteiger partial charge on any atom is 0.370 e. The number of nitrogens with one attached hydrogen (secondary N) is 2. The largest absolute Gasteiger partial charge is 0.409 e. The normalized spacial score (nSPS) is 17.4. The molecular weight excluding hydrogens is 219 g/mol. The van der Waals surface area contributed by atoms with E-state index in [1.807, 2.05) is 0 Å². The highest BCUT2D eigenvalue weighted by atomic mass is 15.0. The summed E-state index contributed by atoms with van der Waals surface area (Å²) in [4.78, 5) is 0. The molecule has 2 aromatic carbocycles. The third-order valence-electron chi connectivity index (χ3n) is 4.12. The Bertz CT molecular complexity index is 551. The predicted octanol–water partition coefficient (Wildman–Crippen LogP) is 3.97. The highest BCUT2D eigenvalue weighted by Crippen LogP contribution is 2.37. The quantitative estimate of drug-likeness (QED) is 0.788. The first kappa shape index (κ1) is 10.3. The minimum Gasteiger partial charge on any atom is -0.409 e. The van der Waals surface area contributed by atoms with Crippen molar-refractivity contribution in [2.75, 3.05) is 10.5 Å². The van der Waals surface area contributed by atoms with Crippen molar-refractivity contribution in [2.24, 2.45) is 5.92 Å². The molecule has 0 saturated heterocycles. The molecule has 2 aliphatic rings. The van der Waals surface area contributed by atoms with Gasteiger partial charge in [-0.3, -0.25) is 0 Å². The molecule has 2 aromatic rings. The Morgan fingerprint density at radius 2 is 1.67 bits per heavy atom. The third kappa shape index (κ3) is 1.74. The highest BCUT2D eigenvalue weighted by molar-refractivity contribution is 6.67. The zero-order valence-electron chi connectivity index (χ0n) is 10.4. The molecule has 0 aromatic heterocycles. The first-order chi connectivity index (χ1) is 8.90. The molecule has 1 fully saturated rings. The van der Waals surface area contributed by atoms with Crippen molar-refractivity contribution in [3.8, 4) is 0 Å². The van der Waals surface area contributed by atoms with Crippen LogP contribution in [-0.4, -0.2) is 6.98 Å². The molecule has 90 valence electrons. The van der Waals surface area contributed by atoms with Crippen LogP contribution in [-0.2, 0) is 0 Å². The maximum atomic E-state index is 3.63. The fourth-order valence-corrected chi connectivity index (χ4v) is 2.95. The first-order valence-electron chi connectivity index (χ1n) is 6.95. The standard InChI is InChI=1S/C15H17BN2/c1-3-12-4-2-6-14-15(12)13(5-1)17-16(18-14)10-9-11-7-8-11/h1-6,11,17-18H,7-10H2. The van der Waals surface area contributed by atoms with Crippen molar-refractivity contribution < 1.29 is 0 Å². The van der Waals surface area contributed by atoms with Gasteiger partial charge >= 0.3 is 6.98 Å². The van der Waals surface area contributed by atoms with Crippen molar-refractivity contribution in [1.29, 1.82) is 0 Å². The van der Waals surface area contributed by atoms with Crippen molar-refractivity contribution >= 4 is 29.1 Å². The van der Waals surface area contributed by atoms with E-state index >= 15 is 0 Å². The summed E-state index contributed by atoms with van der Waals surface area (Å²) in [6.07, 6.45) is 5.45. The van der Waals surface area contributed by atoms with Crippen LogP contribution in [0.1, 0.15) is 19.3 Å². The minimum atomic E-state index is 0.395. The van der Waals surface area contributed by atoms with Crippen LogP contribution >= 0.6 is 0 Å². The molecule has 0 bridgehead atoms. The molecule has 4 rings (SSSR count). The van der Waals surface area contributed by atoms with E-state index in [0.29, 0.717) is 6.98 Å². The van der Waals surface area contributed by atoms with Gasteiger partial charge in [0.15, 0.2) is 0 Å². The highest BCUT2D eigenvalue weighted by Gasteiger charge is 2.27. The van der Waals surface area contributed by atoms with Gasteiger partial charge in [0.1, 0.15) is 0 Å². The average molecular weight is 236 g/mol. The van der Waals surface area contributed by atoms with Gasteiger partial charge in [-0.1, -0.05) is 43.5 Å². The first-order valence-corrected chi connectivity index (χ1v) is 6.95. The van der Waals surface area contributed by atoms with Gasteiger partial charge in [-0.25, -0.2) is 0 Å². The lowest BCUT2D eigenvalue weighted by Gasteiger charge is -2.26. The van der Waals surface area contributed by atoms with Gasteiger partial charge in [0.05, 0.1) is 0 Å². The summed E-state index contributed by atoms with van der Waals surface area (Å²) in [6, 6.07) is 13.0. The third-order valence-corrected chi connectivity index (χ3v) is 4.12. The fourth-order valence-electron chi connectivity index (χ4n) is 2.95. The van der Waals surface area contributed by atoms with Crippen LogP contribution in [0.4, 0.5) is 11.4 Å². The van der Waals surface area contributed by atoms with Crippen LogP contribution in [0.3, 0.4) is 0 Å². The zero-order chi connectivity index (χ0) is 11.9. The van der Waals surface area contributed by atoms with E-state index in [0.717, 1.165) is 5.92 Å². The number of hydrogen-bond donors (Lipinski definition) is 2. The molecule has 0 amide bonds. The Kier molecular flexibility index (Phi) is 2.26. The van der Waals surface area contributed by atoms with E-state index in [2.05, 4.69) is 46.9 Å². The summed E-state index contributed by atoms with van der Waals surface area (Å²) in [5.41, 5.74) is 2.56. The Morgan fingerprint density at radius 3 is 2.28 bits per heavy atom. The van der Waals surface area contributed by atoms with E-state index < -0.39 is 0 Å². The van der Waals surface area contributed by atoms with Crippen molar-refractivity contribution in [3.05, 3.63) is 36.4 Å². The summed E-state index contributed by atoms with van der Waals surface area (Å²) >= 11 is 0. The van der Waals surface area contributed by atoms with E-state index in [1.54, 1.807) is 0 Å². The molecule has 0 unspecified atom stereocenters. The number of anilines is 2. The number of rotatable bonds is 3. The Morgan fingerprint density at radius 1 is 1.00 bits per heavy atom. The molecule has 1 heterocycles. The number of hydrogen-bond acceptors (Lipinski definition) is 2. The van der Waals surface area contributed by atoms with Crippen LogP contribution in [0.2, 0.25) is 6.32 Å². The van der Waals surface area contributed by atoms with Gasteiger partial charge in [0.25, 0.3) is 0 Å². The molecule has 1 saturated carbocycles. The van der Waals surface area contributed by atoms with Crippen LogP contribution < -0.4 is 10.5 Å². The average Bonchev–Trinajstić information content (AvgIpc) is 3.21. The van der Waals surface area contributed by atoms with Gasteiger partial charge in [-0.05, 0) is 29.8 Å². The fraction of sp³-hybridized carbons (Fsp3) is 0.333. The van der Waals surface area contributed by atoms with Gasteiger partial charge < -0.3 is 10.5 Å². The second-order valence-corrected chi connectivity index (χ2v) is 5.57. The Balaban J connectivity index is 1.65. The van der Waals surface area contributed by atoms with Crippen molar-refractivity contribution in [1.82, 2.24) is 0 Å². The smallest absolute Gasteiger partial charge is 0.370 e. The van der Waals surface area contributed by atoms with Gasteiger partial charge in [-0.2, -0.15) is 0 Å². The van der Waals surface area contributed by atoms with Crippen LogP contribution in [0.25, 0.3) is 10.8 Å². The molecule has 1 aliphatic carbocycles.